The first kappa shape index (κ1) is 11.2. The molecule has 0 saturated carbocycles. The van der Waals surface area contributed by atoms with Gasteiger partial charge in [0.15, 0.2) is 11.6 Å². The van der Waals surface area contributed by atoms with E-state index in [4.69, 9.17) is 0 Å². The molecule has 0 aliphatic carbocycles. The maximum atomic E-state index is 13.2. The van der Waals surface area contributed by atoms with Crippen molar-refractivity contribution in [3.8, 4) is 0 Å². The first-order valence-electron chi connectivity index (χ1n) is 3.83. The van der Waals surface area contributed by atoms with Crippen molar-refractivity contribution in [3.63, 3.8) is 0 Å². The highest BCUT2D eigenvalue weighted by molar-refractivity contribution is 9.10. The van der Waals surface area contributed by atoms with Crippen LogP contribution >= 0.6 is 15.9 Å². The number of carbonyl (C=O) groups excluding carboxylic acids is 1. The second-order valence-electron chi connectivity index (χ2n) is 2.65. The molecule has 0 aliphatic heterocycles. The number of rotatable bonds is 3. The summed E-state index contributed by atoms with van der Waals surface area (Å²) in [6.45, 7) is 0. The van der Waals surface area contributed by atoms with Crippen LogP contribution < -0.4 is 0 Å². The van der Waals surface area contributed by atoms with Crippen LogP contribution in [0.3, 0.4) is 0 Å². The third kappa shape index (κ3) is 2.15. The molecule has 0 atom stereocenters. The molecule has 0 N–H and O–H groups in total. The summed E-state index contributed by atoms with van der Waals surface area (Å²) in [5.41, 5.74) is -0.399. The number of hydrogen-bond donors (Lipinski definition) is 0. The molecule has 0 unspecified atom stereocenters. The van der Waals surface area contributed by atoms with Gasteiger partial charge >= 0.3 is 0 Å². The molecule has 14 heavy (non-hydrogen) atoms. The average Bonchev–Trinajstić information content (AvgIpc) is 2.15. The van der Waals surface area contributed by atoms with Crippen LogP contribution in [0, 0.1) is 17.5 Å². The summed E-state index contributed by atoms with van der Waals surface area (Å²) in [4.78, 5) is 10.0. The fourth-order valence-corrected chi connectivity index (χ4v) is 1.49. The quantitative estimate of drug-likeness (QED) is 0.607. The SMILES string of the molecule is O=CCCc1c(F)c(F)cc(Br)c1F. The Hall–Kier alpha value is -0.840. The largest absolute Gasteiger partial charge is 0.303 e. The molecule has 0 saturated heterocycles. The third-order valence-electron chi connectivity index (χ3n) is 1.71. The molecule has 76 valence electrons. The fraction of sp³-hybridized carbons (Fsp3) is 0.222. The minimum absolute atomic E-state index is 0.0380. The Bertz CT molecular complexity index is 339. The number of benzene rings is 1. The van der Waals surface area contributed by atoms with Crippen molar-refractivity contribution in [2.75, 3.05) is 0 Å². The normalized spacial score (nSPS) is 10.3. The van der Waals surface area contributed by atoms with Gasteiger partial charge in [-0.15, -0.1) is 0 Å². The lowest BCUT2D eigenvalue weighted by molar-refractivity contribution is -0.107. The molecular weight excluding hydrogens is 261 g/mol. The van der Waals surface area contributed by atoms with E-state index in [-0.39, 0.29) is 17.3 Å². The fourth-order valence-electron chi connectivity index (χ4n) is 1.05. The highest BCUT2D eigenvalue weighted by Crippen LogP contribution is 2.24. The van der Waals surface area contributed by atoms with Crippen LogP contribution in [0.2, 0.25) is 0 Å². The number of carbonyl (C=O) groups is 1. The lowest BCUT2D eigenvalue weighted by Crippen LogP contribution is -2.00. The van der Waals surface area contributed by atoms with Gasteiger partial charge in [0, 0.05) is 12.0 Å². The van der Waals surface area contributed by atoms with E-state index in [2.05, 4.69) is 15.9 Å². The molecule has 1 rings (SSSR count). The highest BCUT2D eigenvalue weighted by Gasteiger charge is 2.16. The summed E-state index contributed by atoms with van der Waals surface area (Å²) < 4.78 is 38.9. The zero-order valence-electron chi connectivity index (χ0n) is 6.99. The second kappa shape index (κ2) is 4.59. The van der Waals surface area contributed by atoms with Gasteiger partial charge in [0.2, 0.25) is 0 Å². The lowest BCUT2D eigenvalue weighted by Gasteiger charge is -2.05. The molecule has 5 heteroatoms. The standard InChI is InChI=1S/C9H6BrF3O/c10-6-4-7(11)9(13)5(8(6)12)2-1-3-14/h3-4H,1-2H2. The Labute approximate surface area is 87.1 Å². The molecule has 0 bridgehead atoms. The molecule has 0 radical (unpaired) electrons. The summed E-state index contributed by atoms with van der Waals surface area (Å²) in [6.07, 6.45) is 0.346. The topological polar surface area (TPSA) is 17.1 Å². The van der Waals surface area contributed by atoms with E-state index in [0.29, 0.717) is 6.29 Å². The van der Waals surface area contributed by atoms with Crippen LogP contribution in [0.15, 0.2) is 10.5 Å². The predicted molar refractivity (Wildman–Crippen MR) is 48.4 cm³/mol. The van der Waals surface area contributed by atoms with E-state index in [1.807, 2.05) is 0 Å². The Balaban J connectivity index is 3.17. The van der Waals surface area contributed by atoms with Crippen molar-refractivity contribution in [2.45, 2.75) is 12.8 Å². The van der Waals surface area contributed by atoms with Crippen LogP contribution in [0.4, 0.5) is 13.2 Å². The van der Waals surface area contributed by atoms with E-state index < -0.39 is 23.0 Å². The smallest absolute Gasteiger partial charge is 0.165 e. The van der Waals surface area contributed by atoms with Gasteiger partial charge in [-0.25, -0.2) is 13.2 Å². The van der Waals surface area contributed by atoms with Crippen LogP contribution in [0.1, 0.15) is 12.0 Å². The molecule has 0 amide bonds. The molecule has 0 aliphatic rings. The summed E-state index contributed by atoms with van der Waals surface area (Å²) in [5, 5.41) is 0. The summed E-state index contributed by atoms with van der Waals surface area (Å²) in [6, 6.07) is 0.717. The van der Waals surface area contributed by atoms with Gasteiger partial charge in [-0.3, -0.25) is 0 Å². The van der Waals surface area contributed by atoms with Gasteiger partial charge in [-0.2, -0.15) is 0 Å². The molecule has 0 heterocycles. The second-order valence-corrected chi connectivity index (χ2v) is 3.51. The molecular formula is C9H6BrF3O. The Morgan fingerprint density at radius 3 is 2.50 bits per heavy atom. The van der Waals surface area contributed by atoms with Crippen molar-refractivity contribution in [1.82, 2.24) is 0 Å². The van der Waals surface area contributed by atoms with Gasteiger partial charge < -0.3 is 4.79 Å². The molecule has 0 spiro atoms. The lowest BCUT2D eigenvalue weighted by atomic mass is 10.1. The van der Waals surface area contributed by atoms with Crippen molar-refractivity contribution in [2.24, 2.45) is 0 Å². The van der Waals surface area contributed by atoms with E-state index in [1.165, 1.54) is 0 Å². The van der Waals surface area contributed by atoms with Crippen LogP contribution in [-0.2, 0) is 11.2 Å². The zero-order chi connectivity index (χ0) is 10.7. The summed E-state index contributed by atoms with van der Waals surface area (Å²) >= 11 is 2.75. The monoisotopic (exact) mass is 266 g/mol. The third-order valence-corrected chi connectivity index (χ3v) is 2.29. The highest BCUT2D eigenvalue weighted by atomic mass is 79.9. The van der Waals surface area contributed by atoms with Crippen LogP contribution in [0.25, 0.3) is 0 Å². The van der Waals surface area contributed by atoms with Crippen molar-refractivity contribution < 1.29 is 18.0 Å². The maximum absolute atomic E-state index is 13.2. The van der Waals surface area contributed by atoms with E-state index in [1.54, 1.807) is 0 Å². The van der Waals surface area contributed by atoms with Gasteiger partial charge in [0.05, 0.1) is 4.47 Å². The minimum atomic E-state index is -1.23. The number of hydrogen-bond acceptors (Lipinski definition) is 1. The van der Waals surface area contributed by atoms with Gasteiger partial charge in [-0.1, -0.05) is 0 Å². The van der Waals surface area contributed by atoms with Crippen molar-refractivity contribution >= 4 is 22.2 Å². The maximum Gasteiger partial charge on any atom is 0.165 e. The first-order valence-corrected chi connectivity index (χ1v) is 4.62. The van der Waals surface area contributed by atoms with E-state index in [0.717, 1.165) is 6.07 Å². The molecule has 0 fully saturated rings. The first-order chi connectivity index (χ1) is 6.57. The van der Waals surface area contributed by atoms with Gasteiger partial charge in [-0.05, 0) is 28.4 Å². The average molecular weight is 267 g/mol. The molecule has 1 aromatic carbocycles. The van der Waals surface area contributed by atoms with E-state index in [9.17, 15) is 18.0 Å². The number of halogens is 4. The van der Waals surface area contributed by atoms with E-state index >= 15 is 0 Å². The van der Waals surface area contributed by atoms with Crippen molar-refractivity contribution in [3.05, 3.63) is 33.6 Å². The molecule has 1 nitrogen and oxygen atoms in total. The Kier molecular flexibility index (Phi) is 3.69. The molecule has 1 aromatic rings. The molecule has 0 aromatic heterocycles. The summed E-state index contributed by atoms with van der Waals surface area (Å²) in [5.74, 6) is -3.21. The van der Waals surface area contributed by atoms with Gasteiger partial charge in [0.25, 0.3) is 0 Å². The van der Waals surface area contributed by atoms with Crippen LogP contribution in [-0.4, -0.2) is 6.29 Å². The number of aldehydes is 1. The van der Waals surface area contributed by atoms with Crippen LogP contribution in [0.5, 0.6) is 0 Å². The Morgan fingerprint density at radius 1 is 1.29 bits per heavy atom. The predicted octanol–water partition coefficient (Wildman–Crippen LogP) is 3.00. The van der Waals surface area contributed by atoms with Crippen molar-refractivity contribution in [1.29, 1.82) is 0 Å². The van der Waals surface area contributed by atoms with Gasteiger partial charge in [0.1, 0.15) is 12.1 Å². The summed E-state index contributed by atoms with van der Waals surface area (Å²) in [7, 11) is 0. The zero-order valence-corrected chi connectivity index (χ0v) is 8.58. The minimum Gasteiger partial charge on any atom is -0.303 e. The Morgan fingerprint density at radius 2 is 1.93 bits per heavy atom.